The van der Waals surface area contributed by atoms with E-state index >= 15 is 0 Å². The number of para-hydroxylation sites is 2. The highest BCUT2D eigenvalue weighted by Crippen LogP contribution is 2.45. The van der Waals surface area contributed by atoms with Crippen LogP contribution in [0, 0.1) is 0 Å². The van der Waals surface area contributed by atoms with Crippen molar-refractivity contribution >= 4 is 97.7 Å². The van der Waals surface area contributed by atoms with Crippen LogP contribution in [0.4, 0.5) is 0 Å². The van der Waals surface area contributed by atoms with Gasteiger partial charge in [-0.05, 0) is 90.3 Å². The Labute approximate surface area is 297 Å². The van der Waals surface area contributed by atoms with Gasteiger partial charge < -0.3 is 8.83 Å². The first kappa shape index (κ1) is 27.9. The maximum atomic E-state index is 6.84. The van der Waals surface area contributed by atoms with E-state index in [0.717, 1.165) is 65.8 Å². The van der Waals surface area contributed by atoms with E-state index in [1.165, 1.54) is 54.2 Å². The van der Waals surface area contributed by atoms with Gasteiger partial charge in [0.1, 0.15) is 22.3 Å². The van der Waals surface area contributed by atoms with Crippen molar-refractivity contribution < 1.29 is 8.83 Å². The first-order chi connectivity index (χ1) is 25.8. The van der Waals surface area contributed by atoms with Gasteiger partial charge in [-0.15, -0.1) is 0 Å². The molecule has 0 radical (unpaired) electrons. The van der Waals surface area contributed by atoms with E-state index in [-0.39, 0.29) is 0 Å². The van der Waals surface area contributed by atoms with Crippen LogP contribution in [0.15, 0.2) is 179 Å². The molecule has 0 atom stereocenters. The normalized spacial score (nSPS) is 12.2. The fraction of sp³-hybridized carbons (Fsp3) is 0. The number of hydrogen-bond acceptors (Lipinski definition) is 2. The Hall–Kier alpha value is -6.90. The zero-order valence-corrected chi connectivity index (χ0v) is 28.0. The first-order valence-corrected chi connectivity index (χ1v) is 17.8. The number of benzene rings is 10. The van der Waals surface area contributed by atoms with Crippen molar-refractivity contribution in [2.24, 2.45) is 0 Å². The van der Waals surface area contributed by atoms with Crippen LogP contribution in [-0.4, -0.2) is 0 Å². The van der Waals surface area contributed by atoms with Crippen molar-refractivity contribution in [1.82, 2.24) is 0 Å². The molecule has 2 heterocycles. The lowest BCUT2D eigenvalue weighted by Gasteiger charge is -2.12. The second-order valence-electron chi connectivity index (χ2n) is 14.0. The molecule has 10 aromatic carbocycles. The lowest BCUT2D eigenvalue weighted by atomic mass is 9.91. The Morgan fingerprint density at radius 2 is 0.596 bits per heavy atom. The Morgan fingerprint density at radius 1 is 0.250 bits per heavy atom. The zero-order chi connectivity index (χ0) is 33.9. The lowest BCUT2D eigenvalue weighted by Crippen LogP contribution is -1.86. The van der Waals surface area contributed by atoms with Gasteiger partial charge in [0.05, 0.1) is 0 Å². The van der Waals surface area contributed by atoms with Crippen molar-refractivity contribution in [1.29, 1.82) is 0 Å². The van der Waals surface area contributed by atoms with Gasteiger partial charge in [0.15, 0.2) is 0 Å². The number of hydrogen-bond donors (Lipinski definition) is 0. The molecule has 2 aromatic heterocycles. The minimum Gasteiger partial charge on any atom is -0.455 e. The topological polar surface area (TPSA) is 26.3 Å². The molecule has 0 aliphatic heterocycles. The lowest BCUT2D eigenvalue weighted by molar-refractivity contribution is 0.670. The highest BCUT2D eigenvalue weighted by molar-refractivity contribution is 6.22. The SMILES string of the molecule is c1ccc2c(-c3cccc4c3oc3cc5cc6oc7c(-c8c9ccccc9cc9ccccc89)cccc7c6cc5cc34)c3ccccc3cc2c1. The molecule has 0 aliphatic rings. The van der Waals surface area contributed by atoms with E-state index in [1.807, 2.05) is 0 Å². The van der Waals surface area contributed by atoms with Crippen molar-refractivity contribution in [2.75, 3.05) is 0 Å². The molecule has 52 heavy (non-hydrogen) atoms. The second-order valence-corrected chi connectivity index (χ2v) is 14.0. The number of rotatable bonds is 2. The standard InChI is InChI=1S/C50H28O2/c1-5-15-35-29(11-1)23-30-12-2-6-16-36(30)47(35)41-21-9-19-39-43-25-33-26-44-40-20-10-22-42(50(40)52-46(44)28-34(33)27-45(43)51-49(39)41)48-37-17-7-3-13-31(37)24-32-14-4-8-18-38(32)48/h1-28H. The molecule has 2 nitrogen and oxygen atoms in total. The molecule has 0 spiro atoms. The molecule has 0 amide bonds. The van der Waals surface area contributed by atoms with E-state index in [2.05, 4.69) is 170 Å². The van der Waals surface area contributed by atoms with E-state index < -0.39 is 0 Å². The van der Waals surface area contributed by atoms with Crippen LogP contribution in [0.5, 0.6) is 0 Å². The fourth-order valence-electron chi connectivity index (χ4n) is 8.84. The van der Waals surface area contributed by atoms with Crippen LogP contribution < -0.4 is 0 Å². The van der Waals surface area contributed by atoms with Gasteiger partial charge in [-0.1, -0.05) is 133 Å². The third-order valence-corrected chi connectivity index (χ3v) is 11.2. The Balaban J connectivity index is 1.10. The summed E-state index contributed by atoms with van der Waals surface area (Å²) >= 11 is 0. The van der Waals surface area contributed by atoms with Crippen LogP contribution in [0.2, 0.25) is 0 Å². The van der Waals surface area contributed by atoms with Gasteiger partial charge >= 0.3 is 0 Å². The number of furan rings is 2. The summed E-state index contributed by atoms with van der Waals surface area (Å²) in [6, 6.07) is 61.3. The molecule has 0 fully saturated rings. The molecule has 2 heteroatoms. The number of fused-ring (bicyclic) bond motifs is 11. The summed E-state index contributed by atoms with van der Waals surface area (Å²) in [6.07, 6.45) is 0. The summed E-state index contributed by atoms with van der Waals surface area (Å²) in [7, 11) is 0. The average Bonchev–Trinajstić information content (AvgIpc) is 3.74. The molecular formula is C50H28O2. The monoisotopic (exact) mass is 660 g/mol. The van der Waals surface area contributed by atoms with Crippen LogP contribution in [0.3, 0.4) is 0 Å². The van der Waals surface area contributed by atoms with E-state index in [4.69, 9.17) is 8.83 Å². The Kier molecular flexibility index (Phi) is 5.53. The van der Waals surface area contributed by atoms with Crippen molar-refractivity contribution in [3.8, 4) is 22.3 Å². The predicted molar refractivity (Wildman–Crippen MR) is 219 cm³/mol. The van der Waals surface area contributed by atoms with Crippen molar-refractivity contribution in [3.63, 3.8) is 0 Å². The summed E-state index contributed by atoms with van der Waals surface area (Å²) in [6.45, 7) is 0. The van der Waals surface area contributed by atoms with Gasteiger partial charge in [0.2, 0.25) is 0 Å². The average molecular weight is 661 g/mol. The highest BCUT2D eigenvalue weighted by Gasteiger charge is 2.20. The Morgan fingerprint density at radius 3 is 1.00 bits per heavy atom. The fourth-order valence-corrected chi connectivity index (χ4v) is 8.84. The van der Waals surface area contributed by atoms with Gasteiger partial charge in [0, 0.05) is 43.8 Å². The molecule has 0 saturated carbocycles. The molecule has 12 rings (SSSR count). The van der Waals surface area contributed by atoms with Crippen LogP contribution in [-0.2, 0) is 0 Å². The molecule has 0 N–H and O–H groups in total. The molecule has 0 unspecified atom stereocenters. The third-order valence-electron chi connectivity index (χ3n) is 11.2. The largest absolute Gasteiger partial charge is 0.455 e. The van der Waals surface area contributed by atoms with Gasteiger partial charge in [0.25, 0.3) is 0 Å². The maximum Gasteiger partial charge on any atom is 0.143 e. The predicted octanol–water partition coefficient (Wildman–Crippen LogP) is 14.6. The summed E-state index contributed by atoms with van der Waals surface area (Å²) in [4.78, 5) is 0. The quantitative estimate of drug-likeness (QED) is 0.173. The van der Waals surface area contributed by atoms with E-state index in [9.17, 15) is 0 Å². The van der Waals surface area contributed by atoms with Gasteiger partial charge in [-0.25, -0.2) is 0 Å². The molecular weight excluding hydrogens is 633 g/mol. The third kappa shape index (κ3) is 3.84. The zero-order valence-electron chi connectivity index (χ0n) is 28.0. The Bertz CT molecular complexity index is 3130. The molecule has 0 bridgehead atoms. The molecule has 0 saturated heterocycles. The van der Waals surface area contributed by atoms with Gasteiger partial charge in [-0.2, -0.15) is 0 Å². The second kappa shape index (κ2) is 10.3. The van der Waals surface area contributed by atoms with Crippen LogP contribution in [0.1, 0.15) is 0 Å². The maximum absolute atomic E-state index is 6.84. The minimum absolute atomic E-state index is 0.873. The molecule has 0 aliphatic carbocycles. The summed E-state index contributed by atoms with van der Waals surface area (Å²) in [5, 5.41) is 16.5. The first-order valence-electron chi connectivity index (χ1n) is 17.8. The van der Waals surface area contributed by atoms with Gasteiger partial charge in [-0.3, -0.25) is 0 Å². The van der Waals surface area contributed by atoms with E-state index in [0.29, 0.717) is 0 Å². The highest BCUT2D eigenvalue weighted by atomic mass is 16.3. The van der Waals surface area contributed by atoms with Crippen LogP contribution in [0.25, 0.3) is 120 Å². The minimum atomic E-state index is 0.873. The molecule has 240 valence electrons. The smallest absolute Gasteiger partial charge is 0.143 e. The van der Waals surface area contributed by atoms with Crippen molar-refractivity contribution in [2.45, 2.75) is 0 Å². The van der Waals surface area contributed by atoms with Crippen molar-refractivity contribution in [3.05, 3.63) is 170 Å². The summed E-state index contributed by atoms with van der Waals surface area (Å²) in [5.74, 6) is 0. The molecule has 12 aromatic rings. The summed E-state index contributed by atoms with van der Waals surface area (Å²) < 4.78 is 13.7. The van der Waals surface area contributed by atoms with E-state index in [1.54, 1.807) is 0 Å². The summed E-state index contributed by atoms with van der Waals surface area (Å²) in [5.41, 5.74) is 8.21. The van der Waals surface area contributed by atoms with Crippen LogP contribution >= 0.6 is 0 Å².